The fourth-order valence-electron chi connectivity index (χ4n) is 1.70. The van der Waals surface area contributed by atoms with E-state index in [1.165, 1.54) is 12.8 Å². The smallest absolute Gasteiger partial charge is 0.219 e. The van der Waals surface area contributed by atoms with Crippen LogP contribution >= 0.6 is 0 Å². The molecule has 0 aromatic carbocycles. The van der Waals surface area contributed by atoms with E-state index in [2.05, 4.69) is 12.2 Å². The molecule has 1 atom stereocenters. The molecule has 0 aliphatic rings. The molecule has 0 radical (unpaired) electrons. The van der Waals surface area contributed by atoms with Crippen LogP contribution in [0.25, 0.3) is 0 Å². The highest BCUT2D eigenvalue weighted by Gasteiger charge is 2.09. The molecular weight excluding hydrogens is 176 g/mol. The van der Waals surface area contributed by atoms with Gasteiger partial charge in [-0.15, -0.1) is 0 Å². The van der Waals surface area contributed by atoms with E-state index in [0.717, 1.165) is 25.9 Å². The molecule has 0 saturated heterocycles. The second-order valence-electron chi connectivity index (χ2n) is 3.72. The first-order valence-electron chi connectivity index (χ1n) is 5.71. The summed E-state index contributed by atoms with van der Waals surface area (Å²) in [5, 5.41) is 2.81. The molecule has 0 fully saturated rings. The fraction of sp³-hybridized carbons (Fsp3) is 0.909. The molecular formula is C11H24N2O. The Hall–Kier alpha value is -0.570. The summed E-state index contributed by atoms with van der Waals surface area (Å²) >= 11 is 0. The molecule has 0 aromatic rings. The van der Waals surface area contributed by atoms with Gasteiger partial charge in [0.2, 0.25) is 5.91 Å². The van der Waals surface area contributed by atoms with Gasteiger partial charge in [0, 0.05) is 13.0 Å². The Labute approximate surface area is 87.4 Å². The van der Waals surface area contributed by atoms with E-state index in [0.29, 0.717) is 12.3 Å². The Morgan fingerprint density at radius 3 is 2.50 bits per heavy atom. The topological polar surface area (TPSA) is 55.1 Å². The Morgan fingerprint density at radius 1 is 1.29 bits per heavy atom. The third-order valence-corrected chi connectivity index (χ3v) is 2.43. The summed E-state index contributed by atoms with van der Waals surface area (Å²) in [7, 11) is 0. The highest BCUT2D eigenvalue weighted by Crippen LogP contribution is 2.16. The predicted molar refractivity (Wildman–Crippen MR) is 60.0 cm³/mol. The molecule has 0 aliphatic heterocycles. The van der Waals surface area contributed by atoms with Crippen molar-refractivity contribution in [2.75, 3.05) is 13.1 Å². The average molecular weight is 200 g/mol. The lowest BCUT2D eigenvalue weighted by Gasteiger charge is -2.14. The van der Waals surface area contributed by atoms with Crippen LogP contribution in [-0.4, -0.2) is 19.0 Å². The van der Waals surface area contributed by atoms with Crippen LogP contribution in [0, 0.1) is 5.92 Å². The molecule has 0 bridgehead atoms. The zero-order chi connectivity index (χ0) is 10.8. The van der Waals surface area contributed by atoms with Gasteiger partial charge in [0.15, 0.2) is 0 Å². The van der Waals surface area contributed by atoms with Gasteiger partial charge in [-0.25, -0.2) is 0 Å². The van der Waals surface area contributed by atoms with Crippen molar-refractivity contribution in [3.63, 3.8) is 0 Å². The van der Waals surface area contributed by atoms with E-state index in [1.807, 2.05) is 6.92 Å². The maximum atomic E-state index is 11.2. The summed E-state index contributed by atoms with van der Waals surface area (Å²) in [6.07, 6.45) is 5.05. The zero-order valence-corrected chi connectivity index (χ0v) is 9.51. The molecule has 0 saturated carbocycles. The number of rotatable bonds is 8. The van der Waals surface area contributed by atoms with Gasteiger partial charge in [0.1, 0.15) is 0 Å². The van der Waals surface area contributed by atoms with Crippen LogP contribution in [0.4, 0.5) is 0 Å². The monoisotopic (exact) mass is 200 g/mol. The van der Waals surface area contributed by atoms with Crippen molar-refractivity contribution in [3.8, 4) is 0 Å². The van der Waals surface area contributed by atoms with E-state index in [-0.39, 0.29) is 5.91 Å². The number of amides is 1. The molecule has 1 unspecified atom stereocenters. The zero-order valence-electron chi connectivity index (χ0n) is 9.51. The SMILES string of the molecule is CCCC(CCN)CCC(=O)NCC. The molecule has 0 spiro atoms. The number of carbonyl (C=O) groups is 1. The van der Waals surface area contributed by atoms with Crippen molar-refractivity contribution >= 4 is 5.91 Å². The predicted octanol–water partition coefficient (Wildman–Crippen LogP) is 1.67. The number of carbonyl (C=O) groups excluding carboxylic acids is 1. The van der Waals surface area contributed by atoms with Crippen molar-refractivity contribution in [3.05, 3.63) is 0 Å². The number of nitrogens with two attached hydrogens (primary N) is 1. The summed E-state index contributed by atoms with van der Waals surface area (Å²) in [4.78, 5) is 11.2. The standard InChI is InChI=1S/C11H24N2O/c1-3-5-10(8-9-12)6-7-11(14)13-4-2/h10H,3-9,12H2,1-2H3,(H,13,14). The summed E-state index contributed by atoms with van der Waals surface area (Å²) < 4.78 is 0. The molecule has 3 heteroatoms. The van der Waals surface area contributed by atoms with Gasteiger partial charge in [0.05, 0.1) is 0 Å². The van der Waals surface area contributed by atoms with Crippen LogP contribution in [0.15, 0.2) is 0 Å². The normalized spacial score (nSPS) is 12.5. The van der Waals surface area contributed by atoms with Crippen molar-refractivity contribution in [2.45, 2.75) is 46.0 Å². The van der Waals surface area contributed by atoms with Crippen molar-refractivity contribution in [1.82, 2.24) is 5.32 Å². The first-order chi connectivity index (χ1) is 6.74. The van der Waals surface area contributed by atoms with Gasteiger partial charge in [-0.1, -0.05) is 19.8 Å². The van der Waals surface area contributed by atoms with E-state index in [9.17, 15) is 4.79 Å². The fourth-order valence-corrected chi connectivity index (χ4v) is 1.70. The van der Waals surface area contributed by atoms with E-state index >= 15 is 0 Å². The first-order valence-corrected chi connectivity index (χ1v) is 5.71. The molecule has 84 valence electrons. The Balaban J connectivity index is 3.63. The van der Waals surface area contributed by atoms with E-state index in [1.54, 1.807) is 0 Å². The maximum Gasteiger partial charge on any atom is 0.219 e. The second kappa shape index (κ2) is 9.00. The van der Waals surface area contributed by atoms with Gasteiger partial charge in [-0.2, -0.15) is 0 Å². The summed E-state index contributed by atoms with van der Waals surface area (Å²) in [6, 6.07) is 0. The highest BCUT2D eigenvalue weighted by molar-refractivity contribution is 5.75. The quantitative estimate of drug-likeness (QED) is 0.626. The molecule has 3 N–H and O–H groups in total. The largest absolute Gasteiger partial charge is 0.356 e. The lowest BCUT2D eigenvalue weighted by Crippen LogP contribution is -2.23. The molecule has 1 amide bonds. The Kier molecular flexibility index (Phi) is 8.64. The highest BCUT2D eigenvalue weighted by atomic mass is 16.1. The number of hydrogen-bond acceptors (Lipinski definition) is 2. The molecule has 3 nitrogen and oxygen atoms in total. The van der Waals surface area contributed by atoms with E-state index in [4.69, 9.17) is 5.73 Å². The average Bonchev–Trinajstić information content (AvgIpc) is 2.15. The van der Waals surface area contributed by atoms with Crippen LogP contribution in [0.3, 0.4) is 0 Å². The van der Waals surface area contributed by atoms with Crippen LogP contribution in [0.2, 0.25) is 0 Å². The Bertz CT molecular complexity index is 142. The molecule has 14 heavy (non-hydrogen) atoms. The van der Waals surface area contributed by atoms with Gasteiger partial charge in [0.25, 0.3) is 0 Å². The molecule has 0 aromatic heterocycles. The van der Waals surface area contributed by atoms with Gasteiger partial charge in [-0.05, 0) is 32.2 Å². The van der Waals surface area contributed by atoms with Crippen LogP contribution in [-0.2, 0) is 4.79 Å². The van der Waals surface area contributed by atoms with E-state index < -0.39 is 0 Å². The summed E-state index contributed by atoms with van der Waals surface area (Å²) in [5.74, 6) is 0.804. The summed E-state index contributed by atoms with van der Waals surface area (Å²) in [6.45, 7) is 5.59. The van der Waals surface area contributed by atoms with Crippen molar-refractivity contribution in [1.29, 1.82) is 0 Å². The minimum Gasteiger partial charge on any atom is -0.356 e. The van der Waals surface area contributed by atoms with Crippen LogP contribution < -0.4 is 11.1 Å². The number of nitrogens with one attached hydrogen (secondary N) is 1. The third kappa shape index (κ3) is 6.89. The van der Waals surface area contributed by atoms with Crippen LogP contribution in [0.5, 0.6) is 0 Å². The van der Waals surface area contributed by atoms with Crippen LogP contribution in [0.1, 0.15) is 46.0 Å². The van der Waals surface area contributed by atoms with Crippen molar-refractivity contribution < 1.29 is 4.79 Å². The van der Waals surface area contributed by atoms with Gasteiger partial charge in [-0.3, -0.25) is 4.79 Å². The lowest BCUT2D eigenvalue weighted by molar-refractivity contribution is -0.121. The van der Waals surface area contributed by atoms with Crippen molar-refractivity contribution in [2.24, 2.45) is 11.7 Å². The third-order valence-electron chi connectivity index (χ3n) is 2.43. The Morgan fingerprint density at radius 2 is 2.00 bits per heavy atom. The second-order valence-corrected chi connectivity index (χ2v) is 3.72. The molecule has 0 heterocycles. The summed E-state index contributed by atoms with van der Waals surface area (Å²) in [5.41, 5.74) is 5.52. The van der Waals surface area contributed by atoms with Gasteiger partial charge >= 0.3 is 0 Å². The minimum atomic E-state index is 0.172. The first kappa shape index (κ1) is 13.4. The minimum absolute atomic E-state index is 0.172. The molecule has 0 rings (SSSR count). The number of hydrogen-bond donors (Lipinski definition) is 2. The maximum absolute atomic E-state index is 11.2. The van der Waals surface area contributed by atoms with Gasteiger partial charge < -0.3 is 11.1 Å². The molecule has 0 aliphatic carbocycles. The lowest BCUT2D eigenvalue weighted by atomic mass is 9.94.